The van der Waals surface area contributed by atoms with Crippen LogP contribution in [-0.4, -0.2) is 15.0 Å². The molecule has 2 heterocycles. The molecule has 0 spiro atoms. The lowest BCUT2D eigenvalue weighted by Crippen LogP contribution is -2.00. The molecule has 0 unspecified atom stereocenters. The van der Waals surface area contributed by atoms with Crippen LogP contribution in [0, 0.1) is 0 Å². The Kier molecular flexibility index (Phi) is 5.49. The fourth-order valence-electron chi connectivity index (χ4n) is 6.06. The third-order valence-corrected chi connectivity index (χ3v) is 8.41. The van der Waals surface area contributed by atoms with Gasteiger partial charge in [-0.1, -0.05) is 145 Å². The lowest BCUT2D eigenvalue weighted by atomic mass is 9.92. The zero-order valence-electron chi connectivity index (χ0n) is 29.0. The van der Waals surface area contributed by atoms with Gasteiger partial charge in [-0.25, -0.2) is 15.0 Å². The number of benzene rings is 7. The number of rotatable bonds is 5. The Hall–Kier alpha value is -6.39. The van der Waals surface area contributed by atoms with Crippen molar-refractivity contribution in [2.24, 2.45) is 0 Å². The van der Waals surface area contributed by atoms with Gasteiger partial charge >= 0.3 is 0 Å². The minimum Gasteiger partial charge on any atom is -0.456 e. The maximum atomic E-state index is 9.20. The molecule has 7 aromatic carbocycles. The lowest BCUT2D eigenvalue weighted by molar-refractivity contribution is 0.487. The quantitative estimate of drug-likeness (QED) is 0.196. The van der Waals surface area contributed by atoms with Crippen LogP contribution < -0.4 is 4.74 Å². The molecule has 0 aliphatic carbocycles. The summed E-state index contributed by atoms with van der Waals surface area (Å²) >= 11 is 0. The Morgan fingerprint density at radius 1 is 0.383 bits per heavy atom. The highest BCUT2D eigenvalue weighted by molar-refractivity contribution is 6.04. The van der Waals surface area contributed by atoms with Gasteiger partial charge in [0.15, 0.2) is 17.5 Å². The van der Waals surface area contributed by atoms with Crippen LogP contribution in [0.1, 0.15) is 5.48 Å². The first kappa shape index (κ1) is 23.0. The largest absolute Gasteiger partial charge is 0.456 e. The van der Waals surface area contributed by atoms with E-state index in [-0.39, 0.29) is 41.1 Å². The fourth-order valence-corrected chi connectivity index (χ4v) is 6.06. The highest BCUT2D eigenvalue weighted by atomic mass is 16.5. The van der Waals surface area contributed by atoms with Gasteiger partial charge < -0.3 is 4.74 Å². The third-order valence-electron chi connectivity index (χ3n) is 8.41. The van der Waals surface area contributed by atoms with Gasteiger partial charge in [-0.3, -0.25) is 0 Å². The van der Waals surface area contributed by atoms with E-state index in [1.807, 2.05) is 133 Å². The number of nitrogens with zero attached hydrogens (tertiary/aromatic N) is 3. The molecule has 4 nitrogen and oxygen atoms in total. The SMILES string of the molecule is [2H]c1c([2H])c(-c2nc(-c3ccccc3)nc(-c3ccc(-c4ccccc4)cc3)n2)c([2H])c([2H])c1-c1ccc2c(c1)-c1cccc3cccc(c13)O2. The van der Waals surface area contributed by atoms with Crippen molar-refractivity contribution in [1.29, 1.82) is 0 Å². The lowest BCUT2D eigenvalue weighted by Gasteiger charge is -2.22. The summed E-state index contributed by atoms with van der Waals surface area (Å²) < 4.78 is 43.0. The molecule has 1 aromatic heterocycles. The average molecular weight is 606 g/mol. The Bertz CT molecular complexity index is 2610. The van der Waals surface area contributed by atoms with E-state index in [0.29, 0.717) is 23.0 Å². The van der Waals surface area contributed by atoms with Gasteiger partial charge in [0.05, 0.1) is 5.48 Å². The number of aromatic nitrogens is 3. The molecular weight excluding hydrogens is 574 g/mol. The molecule has 1 aliphatic rings. The maximum Gasteiger partial charge on any atom is 0.164 e. The van der Waals surface area contributed by atoms with Crippen molar-refractivity contribution in [3.63, 3.8) is 0 Å². The summed E-state index contributed by atoms with van der Waals surface area (Å²) in [7, 11) is 0. The molecule has 0 atom stereocenters. The molecule has 0 saturated heterocycles. The second kappa shape index (κ2) is 11.2. The smallest absolute Gasteiger partial charge is 0.164 e. The maximum absolute atomic E-state index is 9.20. The minimum atomic E-state index is -0.233. The molecule has 0 bridgehead atoms. The summed E-state index contributed by atoms with van der Waals surface area (Å²) in [5.74, 6) is 2.24. The van der Waals surface area contributed by atoms with Crippen molar-refractivity contribution in [3.05, 3.63) is 164 Å². The first-order chi connectivity index (χ1) is 24.9. The van der Waals surface area contributed by atoms with Crippen LogP contribution in [0.25, 0.3) is 78.3 Å². The molecule has 0 N–H and O–H groups in total. The number of hydrogen-bond acceptors (Lipinski definition) is 4. The molecule has 0 fully saturated rings. The van der Waals surface area contributed by atoms with Crippen molar-refractivity contribution in [1.82, 2.24) is 15.0 Å². The monoisotopic (exact) mass is 605 g/mol. The molecule has 47 heavy (non-hydrogen) atoms. The first-order valence-corrected chi connectivity index (χ1v) is 15.4. The third kappa shape index (κ3) is 4.93. The summed E-state index contributed by atoms with van der Waals surface area (Å²) in [6.45, 7) is 0. The second-order valence-electron chi connectivity index (χ2n) is 11.3. The van der Waals surface area contributed by atoms with Gasteiger partial charge in [-0.15, -0.1) is 0 Å². The van der Waals surface area contributed by atoms with Crippen LogP contribution >= 0.6 is 0 Å². The van der Waals surface area contributed by atoms with Crippen LogP contribution in [0.15, 0.2) is 164 Å². The average Bonchev–Trinajstić information content (AvgIpc) is 3.18. The van der Waals surface area contributed by atoms with Crippen molar-refractivity contribution in [2.45, 2.75) is 0 Å². The van der Waals surface area contributed by atoms with E-state index in [9.17, 15) is 5.48 Å². The van der Waals surface area contributed by atoms with Crippen LogP contribution in [0.4, 0.5) is 0 Å². The van der Waals surface area contributed by atoms with E-state index in [1.165, 1.54) is 0 Å². The molecule has 1 aliphatic heterocycles. The number of fused-ring (bicyclic) bond motifs is 2. The highest BCUT2D eigenvalue weighted by Gasteiger charge is 2.20. The van der Waals surface area contributed by atoms with E-state index in [4.69, 9.17) is 19.7 Å². The summed E-state index contributed by atoms with van der Waals surface area (Å²) in [5, 5.41) is 2.04. The molecule has 9 rings (SSSR count). The Labute approximate surface area is 278 Å². The van der Waals surface area contributed by atoms with Gasteiger partial charge in [0, 0.05) is 27.6 Å². The number of hydrogen-bond donors (Lipinski definition) is 0. The summed E-state index contributed by atoms with van der Waals surface area (Å²) in [5.41, 5.74) is 6.17. The Morgan fingerprint density at radius 2 is 0.915 bits per heavy atom. The molecule has 8 aromatic rings. The summed E-state index contributed by atoms with van der Waals surface area (Å²) in [6, 6.07) is 44.1. The normalized spacial score (nSPS) is 12.8. The van der Waals surface area contributed by atoms with Gasteiger partial charge in [0.1, 0.15) is 11.5 Å². The summed E-state index contributed by atoms with van der Waals surface area (Å²) in [4.78, 5) is 14.3. The van der Waals surface area contributed by atoms with Gasteiger partial charge in [0.25, 0.3) is 0 Å². The van der Waals surface area contributed by atoms with Crippen molar-refractivity contribution in [3.8, 4) is 79.0 Å². The fraction of sp³-hybridized carbons (Fsp3) is 0. The highest BCUT2D eigenvalue weighted by Crippen LogP contribution is 2.47. The van der Waals surface area contributed by atoms with Crippen molar-refractivity contribution in [2.75, 3.05) is 0 Å². The molecule has 0 radical (unpaired) electrons. The van der Waals surface area contributed by atoms with Crippen LogP contribution in [0.2, 0.25) is 0 Å². The first-order valence-electron chi connectivity index (χ1n) is 17.4. The summed E-state index contributed by atoms with van der Waals surface area (Å²) in [6.07, 6.45) is 0. The van der Waals surface area contributed by atoms with E-state index in [1.54, 1.807) is 6.07 Å². The standard InChI is InChI=1S/C43H27N3O/c1-3-9-28(10-4-1)29-17-21-33(22-18-29)42-44-41(32-11-5-2-6-12-32)45-43(46-42)34-23-19-30(20-24-34)35-25-26-38-37(27-35)36-15-7-13-31-14-8-16-39(47-38)40(31)36/h1-27H/i19D,20D,23D,24D. The molecule has 0 amide bonds. The van der Waals surface area contributed by atoms with E-state index in [2.05, 4.69) is 0 Å². The Morgan fingerprint density at radius 3 is 1.62 bits per heavy atom. The van der Waals surface area contributed by atoms with Crippen molar-refractivity contribution >= 4 is 10.8 Å². The van der Waals surface area contributed by atoms with Crippen molar-refractivity contribution < 1.29 is 10.2 Å². The zero-order valence-corrected chi connectivity index (χ0v) is 25.0. The topological polar surface area (TPSA) is 47.9 Å². The van der Waals surface area contributed by atoms with Gasteiger partial charge in [-0.2, -0.15) is 0 Å². The molecule has 220 valence electrons. The van der Waals surface area contributed by atoms with Crippen LogP contribution in [0.3, 0.4) is 0 Å². The van der Waals surface area contributed by atoms with Crippen LogP contribution in [0.5, 0.6) is 11.5 Å². The zero-order chi connectivity index (χ0) is 34.6. The number of ether oxygens (including phenoxy) is 1. The Balaban J connectivity index is 1.18. The molecule has 0 saturated carbocycles. The molecule has 4 heteroatoms. The van der Waals surface area contributed by atoms with Gasteiger partial charge in [0.2, 0.25) is 0 Å². The predicted molar refractivity (Wildman–Crippen MR) is 190 cm³/mol. The predicted octanol–water partition coefficient (Wildman–Crippen LogP) is 11.1. The second-order valence-corrected chi connectivity index (χ2v) is 11.3. The van der Waals surface area contributed by atoms with Crippen LogP contribution in [-0.2, 0) is 0 Å². The van der Waals surface area contributed by atoms with E-state index < -0.39 is 0 Å². The van der Waals surface area contributed by atoms with E-state index in [0.717, 1.165) is 49.9 Å². The van der Waals surface area contributed by atoms with Gasteiger partial charge in [-0.05, 0) is 51.4 Å². The van der Waals surface area contributed by atoms with E-state index >= 15 is 0 Å². The molecular formula is C43H27N3O. The minimum absolute atomic E-state index is 0.00970.